The molecule has 2 unspecified atom stereocenters. The Morgan fingerprint density at radius 3 is 1.44 bits per heavy atom. The van der Waals surface area contributed by atoms with Crippen molar-refractivity contribution < 1.29 is 0 Å². The molecular weight excluding hydrogens is 430 g/mol. The van der Waals surface area contributed by atoms with Gasteiger partial charge in [-0.05, 0) is 0 Å². The number of rotatable bonds is 8. The molecule has 0 saturated heterocycles. The van der Waals surface area contributed by atoms with Crippen LogP contribution in [0.3, 0.4) is 0 Å². The summed E-state index contributed by atoms with van der Waals surface area (Å²) in [6.45, 7) is 4.75. The van der Waals surface area contributed by atoms with Gasteiger partial charge in [0.2, 0.25) is 0 Å². The topological polar surface area (TPSA) is 0 Å². The maximum atomic E-state index is 3.71. The zero-order valence-corrected chi connectivity index (χ0v) is 19.4. The van der Waals surface area contributed by atoms with Gasteiger partial charge in [0.15, 0.2) is 0 Å². The second kappa shape index (κ2) is 9.94. The van der Waals surface area contributed by atoms with Gasteiger partial charge in [0.25, 0.3) is 0 Å². The second-order valence-electron chi connectivity index (χ2n) is 7.21. The van der Waals surface area contributed by atoms with E-state index in [-0.39, 0.29) is 0 Å². The zero-order valence-electron chi connectivity index (χ0n) is 16.0. The summed E-state index contributed by atoms with van der Waals surface area (Å²) >= 11 is 5.81. The van der Waals surface area contributed by atoms with E-state index in [9.17, 15) is 0 Å². The molecule has 0 bridgehead atoms. The van der Waals surface area contributed by atoms with E-state index < -0.39 is 4.71 Å². The molecule has 0 aliphatic rings. The first-order valence-electron chi connectivity index (χ1n) is 9.48. The molecule has 0 spiro atoms. The van der Waals surface area contributed by atoms with Crippen molar-refractivity contribution in [3.8, 4) is 0 Å². The van der Waals surface area contributed by atoms with E-state index in [4.69, 9.17) is 0 Å². The van der Waals surface area contributed by atoms with Gasteiger partial charge in [0.1, 0.15) is 0 Å². The van der Waals surface area contributed by atoms with Crippen LogP contribution in [0, 0.1) is 0 Å². The van der Waals surface area contributed by atoms with Crippen molar-refractivity contribution in [2.45, 2.75) is 30.6 Å². The van der Waals surface area contributed by atoms with Crippen molar-refractivity contribution in [3.63, 3.8) is 0 Å². The van der Waals surface area contributed by atoms with Crippen LogP contribution in [0.25, 0.3) is 0 Å². The first-order chi connectivity index (χ1) is 13.1. The number of benzene rings is 3. The normalized spacial score (nSPS) is 15.6. The van der Waals surface area contributed by atoms with E-state index in [0.29, 0.717) is 11.8 Å². The Morgan fingerprint density at radius 1 is 0.667 bits per heavy atom. The fourth-order valence-electron chi connectivity index (χ4n) is 3.43. The van der Waals surface area contributed by atoms with Crippen molar-refractivity contribution in [3.05, 3.63) is 102 Å². The summed E-state index contributed by atoms with van der Waals surface area (Å²) in [6.07, 6.45) is 2.43. The second-order valence-corrected chi connectivity index (χ2v) is 18.8. The van der Waals surface area contributed by atoms with E-state index in [0.717, 1.165) is 0 Å². The third-order valence-electron chi connectivity index (χ3n) is 4.86. The molecule has 0 aliphatic heterocycles. The summed E-state index contributed by atoms with van der Waals surface area (Å²) in [5.74, 6) is 1.11. The molecule has 0 heterocycles. The molecule has 0 saturated carbocycles. The predicted octanol–water partition coefficient (Wildman–Crippen LogP) is 7.40. The molecule has 0 nitrogen and oxygen atoms in total. The molecule has 140 valence electrons. The maximum absolute atomic E-state index is 3.71. The Kier molecular flexibility index (Phi) is 7.62. The summed E-state index contributed by atoms with van der Waals surface area (Å²) in [7, 11) is 0. The number of hydrogen-bond donors (Lipinski definition) is 0. The van der Waals surface area contributed by atoms with Gasteiger partial charge in [-0.1, -0.05) is 0 Å². The first-order valence-corrected chi connectivity index (χ1v) is 15.3. The van der Waals surface area contributed by atoms with Gasteiger partial charge >= 0.3 is 176 Å². The van der Waals surface area contributed by atoms with Crippen LogP contribution in [0.1, 0.15) is 36.8 Å². The third-order valence-corrected chi connectivity index (χ3v) is 13.7. The van der Waals surface area contributed by atoms with Gasteiger partial charge in [-0.15, -0.1) is 0 Å². The molecule has 0 amide bonds. The monoisotopic (exact) mass is 458 g/mol. The van der Waals surface area contributed by atoms with E-state index in [1.54, 1.807) is 0 Å². The standard InChI is InChI=1S/C24H27PSSe/c1-20(22-12-6-3-7-13-22)18-25(27,26-24-16-10-5-11-17-24)19-21(2)23-14-8-4-9-15-23/h3-17,20-21H,18-19H2,1-2H3. The van der Waals surface area contributed by atoms with E-state index >= 15 is 0 Å². The SMILES string of the molecule is CC(CP(=[Se])(CC(C)c1ccccc1)Sc1ccccc1)c1ccccc1. The predicted molar refractivity (Wildman–Crippen MR) is 124 cm³/mol. The van der Waals surface area contributed by atoms with Gasteiger partial charge < -0.3 is 0 Å². The Morgan fingerprint density at radius 2 is 1.04 bits per heavy atom. The Bertz CT molecular complexity index is 813. The van der Waals surface area contributed by atoms with Gasteiger partial charge in [0.05, 0.1) is 0 Å². The average Bonchev–Trinajstić information content (AvgIpc) is 2.69. The fourth-order valence-corrected chi connectivity index (χ4v) is 14.2. The van der Waals surface area contributed by atoms with E-state index in [1.165, 1.54) is 28.3 Å². The van der Waals surface area contributed by atoms with Crippen molar-refractivity contribution in [2.24, 2.45) is 0 Å². The summed E-state index contributed by atoms with van der Waals surface area (Å²) in [4.78, 5) is 1.38. The first kappa shape index (κ1) is 20.7. The molecule has 0 N–H and O–H groups in total. The third kappa shape index (κ3) is 6.23. The van der Waals surface area contributed by atoms with Crippen LogP contribution in [-0.4, -0.2) is 27.4 Å². The van der Waals surface area contributed by atoms with Crippen molar-refractivity contribution in [2.75, 3.05) is 12.3 Å². The van der Waals surface area contributed by atoms with Crippen LogP contribution >= 0.6 is 16.1 Å². The minimum absolute atomic E-state index is 0.556. The molecule has 3 aromatic rings. The fraction of sp³-hybridized carbons (Fsp3) is 0.250. The van der Waals surface area contributed by atoms with Crippen LogP contribution in [0.5, 0.6) is 0 Å². The van der Waals surface area contributed by atoms with Crippen molar-refractivity contribution in [1.82, 2.24) is 0 Å². The molecule has 3 aromatic carbocycles. The summed E-state index contributed by atoms with van der Waals surface area (Å²) in [5.41, 5.74) is 2.89. The molecule has 2 atom stereocenters. The summed E-state index contributed by atoms with van der Waals surface area (Å²) in [5, 5.41) is 0. The molecule has 3 rings (SSSR count). The minimum atomic E-state index is -1.34. The average molecular weight is 457 g/mol. The van der Waals surface area contributed by atoms with Crippen LogP contribution in [0.2, 0.25) is 0 Å². The van der Waals surface area contributed by atoms with Crippen LogP contribution in [0.4, 0.5) is 0 Å². The molecule has 0 fully saturated rings. The van der Waals surface area contributed by atoms with Gasteiger partial charge in [-0.2, -0.15) is 0 Å². The molecule has 27 heavy (non-hydrogen) atoms. The number of hydrogen-bond acceptors (Lipinski definition) is 1. The Balaban J connectivity index is 1.82. The van der Waals surface area contributed by atoms with Crippen LogP contribution in [0.15, 0.2) is 95.9 Å². The van der Waals surface area contributed by atoms with Crippen LogP contribution in [-0.2, 0) is 0 Å². The zero-order chi connectivity index (χ0) is 19.1. The Labute approximate surface area is 175 Å². The van der Waals surface area contributed by atoms with Crippen molar-refractivity contribution in [1.29, 1.82) is 0 Å². The van der Waals surface area contributed by atoms with Crippen LogP contribution < -0.4 is 0 Å². The molecule has 3 heteroatoms. The summed E-state index contributed by atoms with van der Waals surface area (Å²) in [6, 6.07) is 32.8. The molecular formula is C24H27PSSe. The van der Waals surface area contributed by atoms with E-state index in [2.05, 4.69) is 131 Å². The summed E-state index contributed by atoms with van der Waals surface area (Å²) < 4.78 is -1.34. The molecule has 0 aliphatic carbocycles. The van der Waals surface area contributed by atoms with E-state index in [1.807, 2.05) is 0 Å². The Hall–Kier alpha value is -1.04. The molecule has 0 radical (unpaired) electrons. The van der Waals surface area contributed by atoms with Gasteiger partial charge in [-0.25, -0.2) is 0 Å². The van der Waals surface area contributed by atoms with Crippen molar-refractivity contribution >= 4 is 31.2 Å². The molecule has 0 aromatic heterocycles. The quantitative estimate of drug-likeness (QED) is 0.251. The van der Waals surface area contributed by atoms with Gasteiger partial charge in [-0.3, -0.25) is 0 Å². The van der Waals surface area contributed by atoms with Gasteiger partial charge in [0, 0.05) is 0 Å².